The number of fused-ring (bicyclic) bond motifs is 1. The molecule has 2 aromatic carbocycles. The maximum atomic E-state index is 5.91. The Morgan fingerprint density at radius 2 is 1.95 bits per heavy atom. The predicted octanol–water partition coefficient (Wildman–Crippen LogP) is 3.83. The fourth-order valence-electron chi connectivity index (χ4n) is 2.89. The van der Waals surface area contributed by atoms with Gasteiger partial charge in [-0.3, -0.25) is 0 Å². The normalized spacial score (nSPS) is 15.1. The van der Waals surface area contributed by atoms with Crippen molar-refractivity contribution in [2.75, 3.05) is 13.7 Å². The first-order chi connectivity index (χ1) is 10.3. The Morgan fingerprint density at radius 1 is 1.14 bits per heavy atom. The van der Waals surface area contributed by atoms with E-state index in [1.807, 2.05) is 7.05 Å². The zero-order valence-electron chi connectivity index (χ0n) is 12.9. The largest absolute Gasteiger partial charge is 0.493 e. The molecule has 0 bridgehead atoms. The molecule has 0 saturated carbocycles. The number of ether oxygens (including phenoxy) is 1. The molecule has 0 spiro atoms. The summed E-state index contributed by atoms with van der Waals surface area (Å²) in [6.45, 7) is 3.04. The molecule has 0 aromatic heterocycles. The van der Waals surface area contributed by atoms with Gasteiger partial charge in [-0.25, -0.2) is 0 Å². The van der Waals surface area contributed by atoms with Crippen molar-refractivity contribution >= 4 is 0 Å². The second-order valence-corrected chi connectivity index (χ2v) is 5.84. The smallest absolute Gasteiger partial charge is 0.130 e. The van der Waals surface area contributed by atoms with Crippen LogP contribution in [0.15, 0.2) is 42.5 Å². The number of benzene rings is 2. The summed E-state index contributed by atoms with van der Waals surface area (Å²) in [6, 6.07) is 15.9. The molecule has 2 nitrogen and oxygen atoms in total. The molecule has 0 saturated heterocycles. The van der Waals surface area contributed by atoms with Gasteiger partial charge < -0.3 is 10.1 Å². The van der Waals surface area contributed by atoms with E-state index in [1.54, 1.807) is 0 Å². The van der Waals surface area contributed by atoms with E-state index < -0.39 is 0 Å². The Morgan fingerprint density at radius 3 is 2.71 bits per heavy atom. The summed E-state index contributed by atoms with van der Waals surface area (Å²) in [5.41, 5.74) is 5.17. The van der Waals surface area contributed by atoms with Crippen LogP contribution < -0.4 is 10.1 Å². The average Bonchev–Trinajstić information content (AvgIpc) is 2.55. The number of hydrogen-bond acceptors (Lipinski definition) is 2. The average molecular weight is 281 g/mol. The highest BCUT2D eigenvalue weighted by Crippen LogP contribution is 2.36. The molecule has 1 aliphatic heterocycles. The Labute approximate surface area is 127 Å². The minimum Gasteiger partial charge on any atom is -0.493 e. The highest BCUT2D eigenvalue weighted by molar-refractivity contribution is 5.72. The minimum atomic E-state index is 0.503. The SMILES string of the molecule is CNC(C)Cc1ccc(-c2cccc3c2OCCC3)cc1. The third kappa shape index (κ3) is 3.11. The van der Waals surface area contributed by atoms with Crippen LogP contribution in [0.5, 0.6) is 5.75 Å². The summed E-state index contributed by atoms with van der Waals surface area (Å²) < 4.78 is 5.91. The van der Waals surface area contributed by atoms with Gasteiger partial charge >= 0.3 is 0 Å². The summed E-state index contributed by atoms with van der Waals surface area (Å²) in [7, 11) is 2.01. The van der Waals surface area contributed by atoms with Crippen LogP contribution in [0.25, 0.3) is 11.1 Å². The van der Waals surface area contributed by atoms with Crippen LogP contribution in [0.3, 0.4) is 0 Å². The van der Waals surface area contributed by atoms with Gasteiger partial charge in [0.15, 0.2) is 0 Å². The van der Waals surface area contributed by atoms with Crippen molar-refractivity contribution in [1.29, 1.82) is 0 Å². The maximum Gasteiger partial charge on any atom is 0.130 e. The Hall–Kier alpha value is -1.80. The first-order valence-electron chi connectivity index (χ1n) is 7.79. The fraction of sp³-hybridized carbons (Fsp3) is 0.368. The Balaban J connectivity index is 1.87. The van der Waals surface area contributed by atoms with Crippen LogP contribution in [0.2, 0.25) is 0 Å². The molecular weight excluding hydrogens is 258 g/mol. The molecule has 1 atom stereocenters. The summed E-state index contributed by atoms with van der Waals surface area (Å²) in [5, 5.41) is 3.28. The number of likely N-dealkylation sites (N-methyl/N-ethyl adjacent to an activating group) is 1. The quantitative estimate of drug-likeness (QED) is 0.919. The molecule has 0 fully saturated rings. The van der Waals surface area contributed by atoms with E-state index in [2.05, 4.69) is 54.7 Å². The van der Waals surface area contributed by atoms with Crippen molar-refractivity contribution in [1.82, 2.24) is 5.32 Å². The van der Waals surface area contributed by atoms with Crippen LogP contribution in [-0.2, 0) is 12.8 Å². The molecule has 21 heavy (non-hydrogen) atoms. The number of hydrogen-bond donors (Lipinski definition) is 1. The fourth-order valence-corrected chi connectivity index (χ4v) is 2.89. The number of nitrogens with one attached hydrogen (secondary N) is 1. The first-order valence-corrected chi connectivity index (χ1v) is 7.79. The molecule has 110 valence electrons. The molecule has 2 aromatic rings. The summed E-state index contributed by atoms with van der Waals surface area (Å²) in [6.07, 6.45) is 3.30. The van der Waals surface area contributed by atoms with Gasteiger partial charge in [0.2, 0.25) is 0 Å². The van der Waals surface area contributed by atoms with Gasteiger partial charge in [0.1, 0.15) is 5.75 Å². The lowest BCUT2D eigenvalue weighted by atomic mass is 9.96. The van der Waals surface area contributed by atoms with Crippen molar-refractivity contribution in [3.8, 4) is 16.9 Å². The van der Waals surface area contributed by atoms with Gasteiger partial charge in [0.25, 0.3) is 0 Å². The van der Waals surface area contributed by atoms with Gasteiger partial charge in [-0.15, -0.1) is 0 Å². The molecule has 2 heteroatoms. The number of aryl methyl sites for hydroxylation is 1. The van der Waals surface area contributed by atoms with Gasteiger partial charge in [-0.1, -0.05) is 42.5 Å². The van der Waals surface area contributed by atoms with Gasteiger partial charge in [-0.05, 0) is 49.9 Å². The van der Waals surface area contributed by atoms with Crippen molar-refractivity contribution in [2.45, 2.75) is 32.2 Å². The minimum absolute atomic E-state index is 0.503. The second-order valence-electron chi connectivity index (χ2n) is 5.84. The van der Waals surface area contributed by atoms with Crippen LogP contribution in [0.1, 0.15) is 24.5 Å². The van der Waals surface area contributed by atoms with Gasteiger partial charge in [-0.2, -0.15) is 0 Å². The molecule has 1 heterocycles. The Kier molecular flexibility index (Phi) is 4.26. The van der Waals surface area contributed by atoms with E-state index in [9.17, 15) is 0 Å². The van der Waals surface area contributed by atoms with Crippen LogP contribution >= 0.6 is 0 Å². The highest BCUT2D eigenvalue weighted by Gasteiger charge is 2.15. The van der Waals surface area contributed by atoms with Gasteiger partial charge in [0, 0.05) is 11.6 Å². The van der Waals surface area contributed by atoms with Gasteiger partial charge in [0.05, 0.1) is 6.61 Å². The molecule has 3 rings (SSSR count). The van der Waals surface area contributed by atoms with E-state index in [-0.39, 0.29) is 0 Å². The summed E-state index contributed by atoms with van der Waals surface area (Å²) in [5.74, 6) is 1.08. The number of para-hydroxylation sites is 1. The predicted molar refractivity (Wildman–Crippen MR) is 87.9 cm³/mol. The third-order valence-electron chi connectivity index (χ3n) is 4.23. The van der Waals surface area contributed by atoms with E-state index in [1.165, 1.54) is 22.3 Å². The van der Waals surface area contributed by atoms with Crippen molar-refractivity contribution in [3.05, 3.63) is 53.6 Å². The summed E-state index contributed by atoms with van der Waals surface area (Å²) in [4.78, 5) is 0. The first kappa shape index (κ1) is 14.2. The summed E-state index contributed by atoms with van der Waals surface area (Å²) >= 11 is 0. The lowest BCUT2D eigenvalue weighted by molar-refractivity contribution is 0.289. The van der Waals surface area contributed by atoms with E-state index >= 15 is 0 Å². The lowest BCUT2D eigenvalue weighted by Gasteiger charge is -2.20. The van der Waals surface area contributed by atoms with Crippen molar-refractivity contribution < 1.29 is 4.74 Å². The third-order valence-corrected chi connectivity index (χ3v) is 4.23. The lowest BCUT2D eigenvalue weighted by Crippen LogP contribution is -2.23. The zero-order chi connectivity index (χ0) is 14.7. The van der Waals surface area contributed by atoms with Crippen LogP contribution in [0.4, 0.5) is 0 Å². The highest BCUT2D eigenvalue weighted by atomic mass is 16.5. The maximum absolute atomic E-state index is 5.91. The molecular formula is C19H23NO. The molecule has 0 amide bonds. The Bertz CT molecular complexity index is 603. The van der Waals surface area contributed by atoms with Crippen molar-refractivity contribution in [2.24, 2.45) is 0 Å². The van der Waals surface area contributed by atoms with E-state index in [0.717, 1.165) is 31.6 Å². The monoisotopic (exact) mass is 281 g/mol. The topological polar surface area (TPSA) is 21.3 Å². The molecule has 1 aliphatic rings. The zero-order valence-corrected chi connectivity index (χ0v) is 12.9. The standard InChI is InChI=1S/C19H23NO/c1-14(20-2)13-15-8-10-16(11-9-15)18-7-3-5-17-6-4-12-21-19(17)18/h3,5,7-11,14,20H,4,6,12-13H2,1-2H3. The van der Waals surface area contributed by atoms with Crippen LogP contribution in [0, 0.1) is 0 Å². The molecule has 1 unspecified atom stereocenters. The van der Waals surface area contributed by atoms with E-state index in [0.29, 0.717) is 6.04 Å². The van der Waals surface area contributed by atoms with Crippen LogP contribution in [-0.4, -0.2) is 19.7 Å². The molecule has 1 N–H and O–H groups in total. The molecule has 0 aliphatic carbocycles. The number of rotatable bonds is 4. The van der Waals surface area contributed by atoms with Crippen molar-refractivity contribution in [3.63, 3.8) is 0 Å². The molecule has 0 radical (unpaired) electrons. The second kappa shape index (κ2) is 6.31. The van der Waals surface area contributed by atoms with E-state index in [4.69, 9.17) is 4.74 Å².